The smallest absolute Gasteiger partial charge is 0.412 e. The fourth-order valence-electron chi connectivity index (χ4n) is 1.23. The highest BCUT2D eigenvalue weighted by Crippen LogP contribution is 2.25. The second kappa shape index (κ2) is 2.67. The zero-order chi connectivity index (χ0) is 10.3. The quantitative estimate of drug-likeness (QED) is 0.635. The molecule has 0 bridgehead atoms. The molecule has 0 aliphatic heterocycles. The van der Waals surface area contributed by atoms with Gasteiger partial charge in [-0.2, -0.15) is 4.98 Å². The summed E-state index contributed by atoms with van der Waals surface area (Å²) in [5.41, 5.74) is 0.847. The van der Waals surface area contributed by atoms with Crippen LogP contribution in [-0.4, -0.2) is 9.97 Å². The van der Waals surface area contributed by atoms with Crippen LogP contribution in [0.3, 0.4) is 0 Å². The lowest BCUT2D eigenvalue weighted by atomic mass is 9.91. The molecule has 2 aromatic heterocycles. The van der Waals surface area contributed by atoms with E-state index in [1.54, 1.807) is 0 Å². The van der Waals surface area contributed by atoms with Gasteiger partial charge in [-0.15, -0.1) is 0 Å². The topological polar surface area (TPSA) is 69.1 Å². The van der Waals surface area contributed by atoms with Crippen LogP contribution >= 0.6 is 0 Å². The number of oxazole rings is 1. The Morgan fingerprint density at radius 2 is 2.07 bits per heavy atom. The third kappa shape index (κ3) is 1.30. The van der Waals surface area contributed by atoms with E-state index in [-0.39, 0.29) is 11.2 Å². The van der Waals surface area contributed by atoms with Gasteiger partial charge in [0.25, 0.3) is 0 Å². The number of nitrogens with zero attached hydrogens (tertiary/aromatic N) is 2. The summed E-state index contributed by atoms with van der Waals surface area (Å²) < 4.78 is 9.66. The average molecular weight is 194 g/mol. The standard InChI is InChI=1S/C9H10N2O3/c1-9(2,3)6-5-7(13-4-10-5)14-8(12)11-6/h4H,1-3H3. The molecule has 74 valence electrons. The van der Waals surface area contributed by atoms with Crippen molar-refractivity contribution in [1.29, 1.82) is 0 Å². The van der Waals surface area contributed by atoms with Gasteiger partial charge in [0.1, 0.15) is 0 Å². The first-order valence-electron chi connectivity index (χ1n) is 4.23. The van der Waals surface area contributed by atoms with Gasteiger partial charge in [-0.1, -0.05) is 20.8 Å². The zero-order valence-corrected chi connectivity index (χ0v) is 8.20. The molecule has 5 heteroatoms. The SMILES string of the molecule is CC(C)(C)c1nc(=O)oc2ocnc12. The summed E-state index contributed by atoms with van der Waals surface area (Å²) in [6.45, 7) is 5.84. The van der Waals surface area contributed by atoms with E-state index in [4.69, 9.17) is 8.83 Å². The molecule has 0 radical (unpaired) electrons. The van der Waals surface area contributed by atoms with E-state index in [9.17, 15) is 4.79 Å². The Hall–Kier alpha value is -1.65. The third-order valence-corrected chi connectivity index (χ3v) is 1.85. The summed E-state index contributed by atoms with van der Waals surface area (Å²) in [4.78, 5) is 18.8. The van der Waals surface area contributed by atoms with Crippen molar-refractivity contribution in [3.8, 4) is 0 Å². The number of hydrogen-bond acceptors (Lipinski definition) is 5. The van der Waals surface area contributed by atoms with Crippen molar-refractivity contribution in [2.24, 2.45) is 0 Å². The van der Waals surface area contributed by atoms with Gasteiger partial charge < -0.3 is 8.83 Å². The molecular weight excluding hydrogens is 184 g/mol. The summed E-state index contributed by atoms with van der Waals surface area (Å²) in [6.07, 6.45) is 1.24. The molecule has 2 rings (SSSR count). The first-order chi connectivity index (χ1) is 6.48. The van der Waals surface area contributed by atoms with Crippen molar-refractivity contribution in [2.45, 2.75) is 26.2 Å². The maximum Gasteiger partial charge on any atom is 0.441 e. The second-order valence-corrected chi connectivity index (χ2v) is 4.07. The Balaban J connectivity index is 2.87. The molecule has 0 atom stereocenters. The highest BCUT2D eigenvalue weighted by atomic mass is 16.5. The van der Waals surface area contributed by atoms with E-state index in [1.165, 1.54) is 6.39 Å². The zero-order valence-electron chi connectivity index (χ0n) is 8.20. The van der Waals surface area contributed by atoms with Crippen LogP contribution in [0.25, 0.3) is 11.3 Å². The molecule has 0 aliphatic carbocycles. The fraction of sp³-hybridized carbons (Fsp3) is 0.444. The van der Waals surface area contributed by atoms with Crippen molar-refractivity contribution in [3.63, 3.8) is 0 Å². The van der Waals surface area contributed by atoms with Crippen molar-refractivity contribution >= 4 is 11.3 Å². The van der Waals surface area contributed by atoms with Gasteiger partial charge in [0.15, 0.2) is 11.9 Å². The summed E-state index contributed by atoms with van der Waals surface area (Å²) in [7, 11) is 0. The molecule has 0 unspecified atom stereocenters. The van der Waals surface area contributed by atoms with Crippen molar-refractivity contribution in [3.05, 3.63) is 22.6 Å². The van der Waals surface area contributed by atoms with Crippen LogP contribution in [0.5, 0.6) is 0 Å². The molecular formula is C9H10N2O3. The van der Waals surface area contributed by atoms with Crippen LogP contribution < -0.4 is 5.76 Å². The maximum absolute atomic E-state index is 11.1. The van der Waals surface area contributed by atoms with Crippen LogP contribution in [0.4, 0.5) is 0 Å². The largest absolute Gasteiger partial charge is 0.441 e. The Bertz CT molecular complexity index is 519. The van der Waals surface area contributed by atoms with E-state index < -0.39 is 5.76 Å². The first-order valence-corrected chi connectivity index (χ1v) is 4.23. The summed E-state index contributed by atoms with van der Waals surface area (Å²) in [6, 6.07) is 0. The first kappa shape index (κ1) is 8.93. The highest BCUT2D eigenvalue weighted by molar-refractivity contribution is 5.69. The van der Waals surface area contributed by atoms with E-state index in [0.29, 0.717) is 11.2 Å². The van der Waals surface area contributed by atoms with Crippen molar-refractivity contribution in [1.82, 2.24) is 9.97 Å². The van der Waals surface area contributed by atoms with E-state index in [2.05, 4.69) is 9.97 Å². The molecule has 5 nitrogen and oxygen atoms in total. The summed E-state index contributed by atoms with van der Waals surface area (Å²) in [5, 5.41) is 0. The minimum atomic E-state index is -0.654. The van der Waals surface area contributed by atoms with E-state index in [0.717, 1.165) is 0 Å². The minimum Gasteiger partial charge on any atom is -0.412 e. The molecule has 0 saturated carbocycles. The summed E-state index contributed by atoms with van der Waals surface area (Å²) in [5.74, 6) is -0.519. The van der Waals surface area contributed by atoms with Gasteiger partial charge >= 0.3 is 11.5 Å². The molecule has 2 aromatic rings. The Morgan fingerprint density at radius 3 is 2.71 bits per heavy atom. The summed E-state index contributed by atoms with van der Waals surface area (Å²) >= 11 is 0. The number of hydrogen-bond donors (Lipinski definition) is 0. The lowest BCUT2D eigenvalue weighted by Gasteiger charge is -2.15. The Labute approximate surface area is 79.8 Å². The second-order valence-electron chi connectivity index (χ2n) is 4.07. The molecule has 0 saturated heterocycles. The van der Waals surface area contributed by atoms with Gasteiger partial charge in [0.2, 0.25) is 0 Å². The van der Waals surface area contributed by atoms with Crippen LogP contribution in [0, 0.1) is 0 Å². The maximum atomic E-state index is 11.1. The molecule has 0 fully saturated rings. The monoisotopic (exact) mass is 194 g/mol. The molecule has 14 heavy (non-hydrogen) atoms. The molecule has 0 amide bonds. The lowest BCUT2D eigenvalue weighted by molar-refractivity contribution is 0.424. The predicted molar refractivity (Wildman–Crippen MR) is 49.0 cm³/mol. The molecule has 0 aliphatic rings. The number of aromatic nitrogens is 2. The van der Waals surface area contributed by atoms with Gasteiger partial charge in [-0.25, -0.2) is 9.78 Å². The van der Waals surface area contributed by atoms with Gasteiger partial charge in [0, 0.05) is 5.41 Å². The molecule has 0 spiro atoms. The average Bonchev–Trinajstić information content (AvgIpc) is 2.47. The molecule has 2 heterocycles. The van der Waals surface area contributed by atoms with Crippen LogP contribution in [0.1, 0.15) is 26.5 Å². The fourth-order valence-corrected chi connectivity index (χ4v) is 1.23. The number of fused-ring (bicyclic) bond motifs is 1. The van der Waals surface area contributed by atoms with E-state index in [1.807, 2.05) is 20.8 Å². The van der Waals surface area contributed by atoms with E-state index >= 15 is 0 Å². The van der Waals surface area contributed by atoms with Gasteiger partial charge in [-0.05, 0) is 0 Å². The Kier molecular flexibility index (Phi) is 1.70. The number of rotatable bonds is 0. The van der Waals surface area contributed by atoms with Crippen LogP contribution in [-0.2, 0) is 5.41 Å². The predicted octanol–water partition coefficient (Wildman–Crippen LogP) is 1.47. The molecule has 0 N–H and O–H groups in total. The van der Waals surface area contributed by atoms with Crippen LogP contribution in [0.2, 0.25) is 0 Å². The Morgan fingerprint density at radius 1 is 1.36 bits per heavy atom. The third-order valence-electron chi connectivity index (χ3n) is 1.85. The molecule has 0 aromatic carbocycles. The lowest BCUT2D eigenvalue weighted by Crippen LogP contribution is -2.19. The van der Waals surface area contributed by atoms with Gasteiger partial charge in [0.05, 0.1) is 5.69 Å². The highest BCUT2D eigenvalue weighted by Gasteiger charge is 2.23. The van der Waals surface area contributed by atoms with Crippen molar-refractivity contribution in [2.75, 3.05) is 0 Å². The van der Waals surface area contributed by atoms with Crippen LogP contribution in [0.15, 0.2) is 20.0 Å². The van der Waals surface area contributed by atoms with Gasteiger partial charge in [-0.3, -0.25) is 0 Å². The van der Waals surface area contributed by atoms with Crippen molar-refractivity contribution < 1.29 is 8.83 Å². The normalized spacial score (nSPS) is 12.2. The minimum absolute atomic E-state index is 0.134.